The van der Waals surface area contributed by atoms with Crippen LogP contribution in [-0.2, 0) is 9.53 Å². The third kappa shape index (κ3) is 2.71. The van der Waals surface area contributed by atoms with Crippen LogP contribution in [0.15, 0.2) is 22.1 Å². The number of carbonyl (C=O) groups is 2. The molecule has 0 unspecified atom stereocenters. The highest BCUT2D eigenvalue weighted by Gasteiger charge is 2.33. The molecule has 2 aliphatic heterocycles. The van der Waals surface area contributed by atoms with E-state index in [2.05, 4.69) is 20.3 Å². The van der Waals surface area contributed by atoms with Crippen molar-refractivity contribution >= 4 is 35.4 Å². The summed E-state index contributed by atoms with van der Waals surface area (Å²) in [7, 11) is 0. The van der Waals surface area contributed by atoms with E-state index >= 15 is 0 Å². The van der Waals surface area contributed by atoms with E-state index in [1.807, 2.05) is 0 Å². The lowest BCUT2D eigenvalue weighted by molar-refractivity contribution is -0.113. The second-order valence-electron chi connectivity index (χ2n) is 4.38. The van der Waals surface area contributed by atoms with Crippen LogP contribution in [0.2, 0.25) is 0 Å². The molecule has 1 aromatic rings. The third-order valence-corrected chi connectivity index (χ3v) is 4.01. The number of anilines is 2. The van der Waals surface area contributed by atoms with E-state index in [0.717, 1.165) is 4.90 Å². The second kappa shape index (κ2) is 5.51. The Labute approximate surface area is 123 Å². The van der Waals surface area contributed by atoms with Gasteiger partial charge in [-0.05, 0) is 17.7 Å². The number of ether oxygens (including phenoxy) is 1. The lowest BCUT2D eigenvalue weighted by Gasteiger charge is -2.18. The van der Waals surface area contributed by atoms with Crippen LogP contribution in [0.5, 0.6) is 0 Å². The molecule has 3 heterocycles. The Morgan fingerprint density at radius 1 is 1.57 bits per heavy atom. The predicted molar refractivity (Wildman–Crippen MR) is 75.2 cm³/mol. The number of azide groups is 1. The quantitative estimate of drug-likeness (QED) is 0.518. The summed E-state index contributed by atoms with van der Waals surface area (Å²) in [6.07, 6.45) is -1.04. The molecule has 2 aliphatic rings. The van der Waals surface area contributed by atoms with Gasteiger partial charge in [-0.2, -0.15) is 0 Å². The summed E-state index contributed by atoms with van der Waals surface area (Å²) in [5.74, 6) is 1.07. The van der Waals surface area contributed by atoms with E-state index in [9.17, 15) is 9.59 Å². The van der Waals surface area contributed by atoms with Crippen molar-refractivity contribution in [2.45, 2.75) is 11.0 Å². The van der Waals surface area contributed by atoms with Crippen molar-refractivity contribution < 1.29 is 14.3 Å². The molecule has 2 amide bonds. The zero-order valence-electron chi connectivity index (χ0n) is 10.7. The van der Waals surface area contributed by atoms with E-state index in [1.165, 1.54) is 16.7 Å². The van der Waals surface area contributed by atoms with Gasteiger partial charge in [-0.1, -0.05) is 5.11 Å². The Morgan fingerprint density at radius 3 is 3.24 bits per heavy atom. The van der Waals surface area contributed by atoms with Crippen LogP contribution < -0.4 is 10.2 Å². The summed E-state index contributed by atoms with van der Waals surface area (Å²) in [5, 5.41) is 6.06. The van der Waals surface area contributed by atoms with Crippen molar-refractivity contribution in [1.29, 1.82) is 0 Å². The van der Waals surface area contributed by atoms with Gasteiger partial charge in [0.2, 0.25) is 5.91 Å². The van der Waals surface area contributed by atoms with Crippen molar-refractivity contribution in [3.05, 3.63) is 22.6 Å². The minimum Gasteiger partial charge on any atom is -0.444 e. The highest BCUT2D eigenvalue weighted by atomic mass is 32.2. The van der Waals surface area contributed by atoms with Gasteiger partial charge in [-0.15, -0.1) is 11.8 Å². The number of rotatable bonds is 3. The molecule has 1 aromatic heterocycles. The van der Waals surface area contributed by atoms with Gasteiger partial charge in [-0.25, -0.2) is 9.78 Å². The molecule has 1 fully saturated rings. The van der Waals surface area contributed by atoms with Gasteiger partial charge in [0.15, 0.2) is 0 Å². The minimum absolute atomic E-state index is 0.0796. The summed E-state index contributed by atoms with van der Waals surface area (Å²) in [6.45, 7) is 0.334. The van der Waals surface area contributed by atoms with Crippen LogP contribution in [-0.4, -0.2) is 41.9 Å². The molecule has 21 heavy (non-hydrogen) atoms. The van der Waals surface area contributed by atoms with Gasteiger partial charge in [0, 0.05) is 4.91 Å². The Balaban J connectivity index is 1.81. The first kappa shape index (κ1) is 13.5. The Morgan fingerprint density at radius 2 is 2.43 bits per heavy atom. The van der Waals surface area contributed by atoms with Gasteiger partial charge in [0.1, 0.15) is 17.7 Å². The van der Waals surface area contributed by atoms with Gasteiger partial charge in [0.05, 0.1) is 23.7 Å². The highest BCUT2D eigenvalue weighted by Crippen LogP contribution is 2.32. The van der Waals surface area contributed by atoms with Crippen molar-refractivity contribution in [3.8, 4) is 0 Å². The number of pyridine rings is 1. The van der Waals surface area contributed by atoms with E-state index in [1.54, 1.807) is 12.1 Å². The Kier molecular flexibility index (Phi) is 3.55. The number of hydrogen-bond donors (Lipinski definition) is 1. The van der Waals surface area contributed by atoms with Crippen LogP contribution in [0, 0.1) is 0 Å². The number of amides is 2. The zero-order valence-corrected chi connectivity index (χ0v) is 11.5. The van der Waals surface area contributed by atoms with Gasteiger partial charge in [-0.3, -0.25) is 9.69 Å². The lowest BCUT2D eigenvalue weighted by Crippen LogP contribution is -2.27. The average molecular weight is 306 g/mol. The van der Waals surface area contributed by atoms with Crippen molar-refractivity contribution in [2.75, 3.05) is 29.1 Å². The highest BCUT2D eigenvalue weighted by molar-refractivity contribution is 8.00. The molecule has 1 saturated heterocycles. The molecule has 108 valence electrons. The first-order chi connectivity index (χ1) is 10.2. The monoisotopic (exact) mass is 306 g/mol. The first-order valence-corrected chi connectivity index (χ1v) is 7.08. The summed E-state index contributed by atoms with van der Waals surface area (Å²) in [6, 6.07) is 3.50. The normalized spacial score (nSPS) is 20.4. The molecule has 0 aliphatic carbocycles. The lowest BCUT2D eigenvalue weighted by atomic mass is 10.3. The van der Waals surface area contributed by atoms with Crippen LogP contribution in [0.4, 0.5) is 16.4 Å². The standard InChI is InChI=1S/C11H10N6O3S/c12-16-13-3-6-4-17(11(19)20-6)8-2-1-7-10(14-8)15-9(18)5-21-7/h1-2,6H,3-5H2,(H,14,15,18)/t6-/m0/s1. The third-order valence-electron chi connectivity index (χ3n) is 2.96. The number of cyclic esters (lactones) is 1. The zero-order chi connectivity index (χ0) is 14.8. The molecular weight excluding hydrogens is 296 g/mol. The van der Waals surface area contributed by atoms with Crippen LogP contribution in [0.1, 0.15) is 0 Å². The number of thioether (sulfide) groups is 1. The fourth-order valence-electron chi connectivity index (χ4n) is 2.04. The topological polar surface area (TPSA) is 120 Å². The van der Waals surface area contributed by atoms with Gasteiger partial charge >= 0.3 is 6.09 Å². The number of carbonyl (C=O) groups excluding carboxylic acids is 2. The van der Waals surface area contributed by atoms with Gasteiger partial charge in [0.25, 0.3) is 0 Å². The Bertz CT molecular complexity index is 659. The SMILES string of the molecule is [N-]=[N+]=NC[C@H]1CN(c2ccc3c(n2)NC(=O)CS3)C(=O)O1. The first-order valence-electron chi connectivity index (χ1n) is 6.10. The summed E-state index contributed by atoms with van der Waals surface area (Å²) in [5.41, 5.74) is 8.28. The molecule has 0 radical (unpaired) electrons. The smallest absolute Gasteiger partial charge is 0.415 e. The maximum atomic E-state index is 11.8. The van der Waals surface area contributed by atoms with Crippen LogP contribution >= 0.6 is 11.8 Å². The number of nitrogens with zero attached hydrogens (tertiary/aromatic N) is 5. The maximum absolute atomic E-state index is 11.8. The fraction of sp³-hybridized carbons (Fsp3) is 0.364. The number of aromatic nitrogens is 1. The largest absolute Gasteiger partial charge is 0.444 e. The molecule has 10 heteroatoms. The summed E-state index contributed by atoms with van der Waals surface area (Å²) >= 11 is 1.40. The molecule has 9 nitrogen and oxygen atoms in total. The molecular formula is C11H10N6O3S. The molecule has 0 bridgehead atoms. The maximum Gasteiger partial charge on any atom is 0.415 e. The second-order valence-corrected chi connectivity index (χ2v) is 5.40. The Hall–Kier alpha value is -2.45. The van der Waals surface area contributed by atoms with Crippen LogP contribution in [0.3, 0.4) is 0 Å². The van der Waals surface area contributed by atoms with Gasteiger partial charge < -0.3 is 10.1 Å². The molecule has 0 saturated carbocycles. The van der Waals surface area contributed by atoms with E-state index in [0.29, 0.717) is 17.4 Å². The van der Waals surface area contributed by atoms with Crippen LogP contribution in [0.25, 0.3) is 10.4 Å². The number of hydrogen-bond acceptors (Lipinski definition) is 6. The summed E-state index contributed by atoms with van der Waals surface area (Å²) in [4.78, 5) is 32.3. The van der Waals surface area contributed by atoms with Crippen molar-refractivity contribution in [2.24, 2.45) is 5.11 Å². The molecule has 1 N–H and O–H groups in total. The number of fused-ring (bicyclic) bond motifs is 1. The van der Waals surface area contributed by atoms with Crippen molar-refractivity contribution in [3.63, 3.8) is 0 Å². The number of nitrogens with one attached hydrogen (secondary N) is 1. The fourth-order valence-corrected chi connectivity index (χ4v) is 2.79. The summed E-state index contributed by atoms with van der Waals surface area (Å²) < 4.78 is 5.09. The molecule has 3 rings (SSSR count). The van der Waals surface area contributed by atoms with E-state index in [4.69, 9.17) is 10.3 Å². The molecule has 0 aromatic carbocycles. The molecule has 0 spiro atoms. The average Bonchev–Trinajstić information content (AvgIpc) is 2.85. The van der Waals surface area contributed by atoms with E-state index < -0.39 is 12.2 Å². The van der Waals surface area contributed by atoms with E-state index in [-0.39, 0.29) is 19.0 Å². The molecule has 1 atom stereocenters. The predicted octanol–water partition coefficient (Wildman–Crippen LogP) is 1.76. The van der Waals surface area contributed by atoms with Crippen molar-refractivity contribution in [1.82, 2.24) is 4.98 Å². The minimum atomic E-state index is -0.546.